The van der Waals surface area contributed by atoms with Crippen LogP contribution in [0.5, 0.6) is 0 Å². The van der Waals surface area contributed by atoms with E-state index in [9.17, 15) is 27.2 Å². The van der Waals surface area contributed by atoms with Crippen LogP contribution in [0.4, 0.5) is 17.6 Å². The number of halogens is 4. The van der Waals surface area contributed by atoms with E-state index in [1.165, 1.54) is 48.9 Å². The molecular weight excluding hydrogens is 602 g/mol. The van der Waals surface area contributed by atoms with Crippen molar-refractivity contribution < 1.29 is 22.4 Å². The molecule has 1 aromatic heterocycles. The van der Waals surface area contributed by atoms with Crippen LogP contribution in [0.15, 0.2) is 88.8 Å². The van der Waals surface area contributed by atoms with Crippen LogP contribution in [0.2, 0.25) is 0 Å². The highest BCUT2D eigenvalue weighted by atomic mass is 32.2. The Morgan fingerprint density at radius 1 is 0.844 bits per heavy atom. The highest BCUT2D eigenvalue weighted by molar-refractivity contribution is 7.98. The first kappa shape index (κ1) is 31.1. The van der Waals surface area contributed by atoms with Crippen LogP contribution in [0, 0.1) is 11.7 Å². The molecule has 234 valence electrons. The lowest BCUT2D eigenvalue weighted by Gasteiger charge is -2.23. The summed E-state index contributed by atoms with van der Waals surface area (Å²) in [5, 5.41) is 0.617. The van der Waals surface area contributed by atoms with Gasteiger partial charge in [0.1, 0.15) is 11.9 Å². The fraction of sp³-hybridized carbons (Fsp3) is 0.343. The number of thioether (sulfide) groups is 1. The van der Waals surface area contributed by atoms with E-state index in [0.29, 0.717) is 16.8 Å². The van der Waals surface area contributed by atoms with Gasteiger partial charge in [0, 0.05) is 30.1 Å². The number of aromatic nitrogens is 2. The van der Waals surface area contributed by atoms with Gasteiger partial charge in [-0.3, -0.25) is 9.59 Å². The van der Waals surface area contributed by atoms with Gasteiger partial charge in [0.05, 0.1) is 5.56 Å². The molecule has 0 radical (unpaired) electrons. The van der Waals surface area contributed by atoms with Crippen molar-refractivity contribution in [1.29, 1.82) is 0 Å². The van der Waals surface area contributed by atoms with Crippen molar-refractivity contribution in [3.63, 3.8) is 0 Å². The standard InChI is InChI=1S/C22H24FN3O2S.C13H9F3/c23-16-8-6-15(7-9-16)13-29-22-24-20(27)17-2-1-3-18(17)26(22)19-10-11-25(21(19)28)12-14-4-5-14;14-13(15,16)12-8-6-11(7-9-12)10-4-2-1-3-5-10/h6-9,14,19H,1-5,10-13H2;1-9H. The predicted octanol–water partition coefficient (Wildman–Crippen LogP) is 7.72. The average Bonchev–Trinajstić information content (AvgIpc) is 3.60. The Kier molecular flexibility index (Phi) is 9.12. The molecule has 5 nitrogen and oxygen atoms in total. The van der Waals surface area contributed by atoms with Gasteiger partial charge < -0.3 is 9.47 Å². The van der Waals surface area contributed by atoms with Gasteiger partial charge in [-0.15, -0.1) is 0 Å². The molecule has 3 aliphatic rings. The van der Waals surface area contributed by atoms with Crippen molar-refractivity contribution in [3.8, 4) is 11.1 Å². The number of likely N-dealkylation sites (tertiary alicyclic amines) is 1. The number of nitrogens with zero attached hydrogens (tertiary/aromatic N) is 3. The zero-order valence-corrected chi connectivity index (χ0v) is 25.4. The van der Waals surface area contributed by atoms with E-state index < -0.39 is 11.7 Å². The van der Waals surface area contributed by atoms with Crippen molar-refractivity contribution in [3.05, 3.63) is 117 Å². The summed E-state index contributed by atoms with van der Waals surface area (Å²) >= 11 is 1.46. The number of rotatable bonds is 7. The Hall–Kier alpha value is -3.92. The highest BCUT2D eigenvalue weighted by Crippen LogP contribution is 2.37. The van der Waals surface area contributed by atoms with Crippen molar-refractivity contribution >= 4 is 17.7 Å². The van der Waals surface area contributed by atoms with Gasteiger partial charge in [-0.25, -0.2) is 4.39 Å². The molecular formula is C35H33F4N3O2S. The third kappa shape index (κ3) is 7.32. The Labute approximate surface area is 263 Å². The molecule has 0 spiro atoms. The van der Waals surface area contributed by atoms with Gasteiger partial charge in [-0.1, -0.05) is 66.4 Å². The largest absolute Gasteiger partial charge is 0.416 e. The smallest absolute Gasteiger partial charge is 0.341 e. The minimum atomic E-state index is -4.27. The normalized spacial score (nSPS) is 17.6. The molecule has 1 amide bonds. The van der Waals surface area contributed by atoms with Crippen LogP contribution in [0.1, 0.15) is 54.1 Å². The van der Waals surface area contributed by atoms with E-state index in [-0.39, 0.29) is 23.3 Å². The van der Waals surface area contributed by atoms with E-state index in [1.54, 1.807) is 12.1 Å². The lowest BCUT2D eigenvalue weighted by molar-refractivity contribution is -0.137. The summed E-state index contributed by atoms with van der Waals surface area (Å²) in [4.78, 5) is 32.1. The molecule has 7 rings (SSSR count). The molecule has 2 aliphatic carbocycles. The first-order valence-corrected chi connectivity index (χ1v) is 16.2. The lowest BCUT2D eigenvalue weighted by atomic mass is 10.0. The summed E-state index contributed by atoms with van der Waals surface area (Å²) in [6.45, 7) is 1.65. The van der Waals surface area contributed by atoms with Crippen molar-refractivity contribution in [1.82, 2.24) is 14.5 Å². The van der Waals surface area contributed by atoms with Gasteiger partial charge in [0.15, 0.2) is 5.16 Å². The number of carbonyl (C=O) groups is 1. The highest BCUT2D eigenvalue weighted by Gasteiger charge is 2.39. The maximum atomic E-state index is 13.2. The molecule has 3 aromatic carbocycles. The Morgan fingerprint density at radius 2 is 1.53 bits per heavy atom. The topological polar surface area (TPSA) is 55.2 Å². The number of benzene rings is 3. The average molecular weight is 636 g/mol. The van der Waals surface area contributed by atoms with Crippen LogP contribution in [0.25, 0.3) is 11.1 Å². The van der Waals surface area contributed by atoms with Gasteiger partial charge in [0.25, 0.3) is 5.56 Å². The Balaban J connectivity index is 0.000000189. The van der Waals surface area contributed by atoms with E-state index in [4.69, 9.17) is 0 Å². The summed E-state index contributed by atoms with van der Waals surface area (Å²) in [7, 11) is 0. The molecule has 2 heterocycles. The minimum absolute atomic E-state index is 0.157. The third-order valence-electron chi connectivity index (χ3n) is 8.50. The first-order valence-electron chi connectivity index (χ1n) is 15.2. The molecule has 1 saturated heterocycles. The number of alkyl halides is 3. The van der Waals surface area contributed by atoms with Crippen LogP contribution in [-0.4, -0.2) is 33.4 Å². The SMILES string of the molecule is FC(F)(F)c1ccc(-c2ccccc2)cc1.O=C1C(n2c(SCc3ccc(F)cc3)nc(=O)c3c2CCC3)CCN1CC1CC1. The van der Waals surface area contributed by atoms with Crippen molar-refractivity contribution in [2.45, 2.75) is 61.7 Å². The number of amides is 1. The molecule has 10 heteroatoms. The van der Waals surface area contributed by atoms with Gasteiger partial charge >= 0.3 is 6.18 Å². The molecule has 4 aromatic rings. The Morgan fingerprint density at radius 3 is 2.20 bits per heavy atom. The zero-order valence-electron chi connectivity index (χ0n) is 24.6. The molecule has 0 N–H and O–H groups in total. The summed E-state index contributed by atoms with van der Waals surface area (Å²) in [6.07, 6.45) is 1.46. The quantitative estimate of drug-likeness (QED) is 0.119. The second-order valence-electron chi connectivity index (χ2n) is 11.7. The first-order chi connectivity index (χ1) is 21.7. The minimum Gasteiger partial charge on any atom is -0.341 e. The zero-order chi connectivity index (χ0) is 31.6. The fourth-order valence-electron chi connectivity index (χ4n) is 5.94. The van der Waals surface area contributed by atoms with Crippen LogP contribution < -0.4 is 5.56 Å². The number of hydrogen-bond donors (Lipinski definition) is 0. The van der Waals surface area contributed by atoms with E-state index >= 15 is 0 Å². The van der Waals surface area contributed by atoms with Crippen LogP contribution in [0.3, 0.4) is 0 Å². The van der Waals surface area contributed by atoms with E-state index in [2.05, 4.69) is 9.55 Å². The molecule has 1 unspecified atom stereocenters. The Bertz CT molecular complexity index is 1700. The molecule has 1 saturated carbocycles. The monoisotopic (exact) mass is 635 g/mol. The second-order valence-corrected chi connectivity index (χ2v) is 12.7. The van der Waals surface area contributed by atoms with Gasteiger partial charge in [-0.05, 0) is 85.4 Å². The maximum absolute atomic E-state index is 13.2. The molecule has 1 atom stereocenters. The van der Waals surface area contributed by atoms with Crippen LogP contribution >= 0.6 is 11.8 Å². The maximum Gasteiger partial charge on any atom is 0.416 e. The molecule has 1 aliphatic heterocycles. The molecule has 2 fully saturated rings. The molecule has 45 heavy (non-hydrogen) atoms. The summed E-state index contributed by atoms with van der Waals surface area (Å²) in [6, 6.07) is 20.6. The third-order valence-corrected chi connectivity index (χ3v) is 9.52. The van der Waals surface area contributed by atoms with E-state index in [1.807, 2.05) is 35.2 Å². The summed E-state index contributed by atoms with van der Waals surface area (Å²) in [5.74, 6) is 1.15. The number of hydrogen-bond acceptors (Lipinski definition) is 4. The van der Waals surface area contributed by atoms with Gasteiger partial charge in [-0.2, -0.15) is 18.2 Å². The number of carbonyl (C=O) groups excluding carboxylic acids is 1. The fourth-order valence-corrected chi connectivity index (χ4v) is 6.95. The molecule has 0 bridgehead atoms. The lowest BCUT2D eigenvalue weighted by Crippen LogP contribution is -2.32. The summed E-state index contributed by atoms with van der Waals surface area (Å²) in [5.41, 5.74) is 3.67. The predicted molar refractivity (Wildman–Crippen MR) is 166 cm³/mol. The van der Waals surface area contributed by atoms with Crippen molar-refractivity contribution in [2.75, 3.05) is 13.1 Å². The number of fused-ring (bicyclic) bond motifs is 1. The van der Waals surface area contributed by atoms with Crippen LogP contribution in [-0.2, 0) is 29.6 Å². The van der Waals surface area contributed by atoms with Gasteiger partial charge in [0.2, 0.25) is 5.91 Å². The van der Waals surface area contributed by atoms with E-state index in [0.717, 1.165) is 78.9 Å². The second kappa shape index (κ2) is 13.2. The summed E-state index contributed by atoms with van der Waals surface area (Å²) < 4.78 is 52.2. The van der Waals surface area contributed by atoms with Crippen molar-refractivity contribution in [2.24, 2.45) is 5.92 Å².